The molecule has 0 spiro atoms. The van der Waals surface area contributed by atoms with Crippen LogP contribution in [0.15, 0.2) is 12.7 Å². The van der Waals surface area contributed by atoms with Crippen LogP contribution < -0.4 is 0 Å². The van der Waals surface area contributed by atoms with Crippen LogP contribution in [0.5, 0.6) is 0 Å². The summed E-state index contributed by atoms with van der Waals surface area (Å²) in [6, 6.07) is 0. The van der Waals surface area contributed by atoms with Gasteiger partial charge in [-0.15, -0.1) is 6.58 Å². The van der Waals surface area contributed by atoms with Gasteiger partial charge in [-0.2, -0.15) is 21.6 Å². The number of rotatable bonds is 1. The maximum absolute atomic E-state index is 11.0. The molecule has 0 amide bonds. The summed E-state index contributed by atoms with van der Waals surface area (Å²) in [5.41, 5.74) is 0. The van der Waals surface area contributed by atoms with E-state index in [1.54, 1.807) is 0 Å². The van der Waals surface area contributed by atoms with Gasteiger partial charge in [-0.3, -0.25) is 9.11 Å². The van der Waals surface area contributed by atoms with E-state index in [1.165, 1.54) is 0 Å². The van der Waals surface area contributed by atoms with E-state index in [0.717, 1.165) is 6.08 Å². The summed E-state index contributed by atoms with van der Waals surface area (Å²) in [5, 5.41) is 0. The summed E-state index contributed by atoms with van der Waals surface area (Å²) in [5.74, 6) is 0. The van der Waals surface area contributed by atoms with Gasteiger partial charge in [0, 0.05) is 0 Å². The third-order valence-electron chi connectivity index (χ3n) is 0.376. The Morgan fingerprint density at radius 2 is 1.58 bits per heavy atom. The predicted molar refractivity (Wildman–Crippen MR) is 35.0 cm³/mol. The molecule has 0 saturated heterocycles. The van der Waals surface area contributed by atoms with Crippen molar-refractivity contribution in [2.45, 2.75) is 12.6 Å². The van der Waals surface area contributed by atoms with Crippen LogP contribution in [0.25, 0.3) is 0 Å². The monoisotopic (exact) mass is 208 g/mol. The van der Waals surface area contributed by atoms with Crippen LogP contribution in [0, 0.1) is 0 Å². The Morgan fingerprint density at radius 3 is 1.58 bits per heavy atom. The highest BCUT2D eigenvalue weighted by Gasteiger charge is 2.23. The van der Waals surface area contributed by atoms with Gasteiger partial charge in [0.2, 0.25) is 0 Å². The molecule has 2 N–H and O–H groups in total. The molecule has 0 aromatic rings. The van der Waals surface area contributed by atoms with Crippen LogP contribution >= 0.6 is 0 Å². The van der Waals surface area contributed by atoms with Gasteiger partial charge in [-0.05, 0) is 0 Å². The second kappa shape index (κ2) is 5.12. The molecule has 0 radical (unpaired) electrons. The van der Waals surface area contributed by atoms with Gasteiger partial charge in [0.25, 0.3) is 0 Å². The van der Waals surface area contributed by atoms with Crippen molar-refractivity contribution in [3.63, 3.8) is 0 Å². The highest BCUT2D eigenvalue weighted by molar-refractivity contribution is 7.79. The standard InChI is InChI=1S/C4H5F3.H2O4S/c1-2-3-4(5,6)7;1-5(2,3)4/h2H,1,3H2;(H2,1,2,3,4). The first kappa shape index (κ1) is 14.0. The van der Waals surface area contributed by atoms with Crippen LogP contribution in [0.4, 0.5) is 13.2 Å². The molecule has 0 aliphatic heterocycles. The van der Waals surface area contributed by atoms with E-state index in [4.69, 9.17) is 17.5 Å². The average Bonchev–Trinajstić information content (AvgIpc) is 1.54. The van der Waals surface area contributed by atoms with Crippen molar-refractivity contribution in [1.29, 1.82) is 0 Å². The first-order valence-corrected chi connectivity index (χ1v) is 3.83. The zero-order chi connectivity index (χ0) is 10.4. The molecule has 12 heavy (non-hydrogen) atoms. The smallest absolute Gasteiger partial charge is 0.264 e. The molecule has 0 fully saturated rings. The summed E-state index contributed by atoms with van der Waals surface area (Å²) >= 11 is 0. The van der Waals surface area contributed by atoms with Crippen molar-refractivity contribution >= 4 is 10.4 Å². The van der Waals surface area contributed by atoms with Gasteiger partial charge in [0.1, 0.15) is 0 Å². The normalized spacial score (nSPS) is 11.4. The molecule has 0 aromatic carbocycles. The van der Waals surface area contributed by atoms with E-state index in [2.05, 4.69) is 6.58 Å². The van der Waals surface area contributed by atoms with Crippen LogP contribution in [0.2, 0.25) is 0 Å². The molecule has 0 atom stereocenters. The van der Waals surface area contributed by atoms with Crippen molar-refractivity contribution in [3.8, 4) is 0 Å². The Labute approximate surface area is 67.3 Å². The fourth-order valence-electron chi connectivity index (χ4n) is 0.164. The van der Waals surface area contributed by atoms with Crippen molar-refractivity contribution in [2.75, 3.05) is 0 Å². The van der Waals surface area contributed by atoms with E-state index >= 15 is 0 Å². The molecule has 8 heteroatoms. The molecule has 0 aliphatic rings. The van der Waals surface area contributed by atoms with Gasteiger partial charge >= 0.3 is 16.6 Å². The van der Waals surface area contributed by atoms with Gasteiger partial charge in [-0.1, -0.05) is 6.08 Å². The highest BCUT2D eigenvalue weighted by Crippen LogP contribution is 2.18. The second-order valence-electron chi connectivity index (χ2n) is 1.56. The summed E-state index contributed by atoms with van der Waals surface area (Å²) < 4.78 is 64.5. The number of allylic oxidation sites excluding steroid dienone is 1. The molecule has 0 aliphatic carbocycles. The third-order valence-corrected chi connectivity index (χ3v) is 0.376. The van der Waals surface area contributed by atoms with E-state index in [-0.39, 0.29) is 0 Å². The lowest BCUT2D eigenvalue weighted by Crippen LogP contribution is -2.03. The predicted octanol–water partition coefficient (Wildman–Crippen LogP) is 1.47. The highest BCUT2D eigenvalue weighted by atomic mass is 32.3. The molecule has 0 bridgehead atoms. The molecule has 0 unspecified atom stereocenters. The molecular formula is C4H7F3O4S. The fourth-order valence-corrected chi connectivity index (χ4v) is 0.164. The van der Waals surface area contributed by atoms with Crippen molar-refractivity contribution in [2.24, 2.45) is 0 Å². The van der Waals surface area contributed by atoms with E-state index < -0.39 is 23.0 Å². The Morgan fingerprint density at radius 1 is 1.33 bits per heavy atom. The maximum Gasteiger partial charge on any atom is 0.394 e. The summed E-state index contributed by atoms with van der Waals surface area (Å²) in [4.78, 5) is 0. The van der Waals surface area contributed by atoms with Crippen LogP contribution in [0.3, 0.4) is 0 Å². The minimum absolute atomic E-state index is 0.833. The molecule has 0 heterocycles. The van der Waals surface area contributed by atoms with Crippen LogP contribution in [-0.4, -0.2) is 23.7 Å². The Hall–Kier alpha value is -0.600. The van der Waals surface area contributed by atoms with Crippen LogP contribution in [-0.2, 0) is 10.4 Å². The zero-order valence-corrected chi connectivity index (χ0v) is 6.56. The zero-order valence-electron chi connectivity index (χ0n) is 5.74. The molecule has 74 valence electrons. The third kappa shape index (κ3) is 57.4. The molecule has 0 saturated carbocycles. The summed E-state index contributed by atoms with van der Waals surface area (Å²) in [6.07, 6.45) is -4.13. The van der Waals surface area contributed by atoms with E-state index in [0.29, 0.717) is 0 Å². The maximum atomic E-state index is 11.0. The number of alkyl halides is 3. The Bertz CT molecular complexity index is 209. The Balaban J connectivity index is 0. The molecule has 0 aromatic heterocycles. The minimum atomic E-state index is -4.67. The SMILES string of the molecule is C=CCC(F)(F)F.O=S(=O)(O)O. The largest absolute Gasteiger partial charge is 0.394 e. The number of hydrogen-bond acceptors (Lipinski definition) is 2. The van der Waals surface area contributed by atoms with Crippen molar-refractivity contribution in [3.05, 3.63) is 12.7 Å². The first-order valence-electron chi connectivity index (χ1n) is 2.44. The lowest BCUT2D eigenvalue weighted by Gasteiger charge is -1.97. The van der Waals surface area contributed by atoms with Crippen molar-refractivity contribution in [1.82, 2.24) is 0 Å². The topological polar surface area (TPSA) is 74.6 Å². The van der Waals surface area contributed by atoms with Gasteiger partial charge in [0.05, 0.1) is 6.42 Å². The number of hydrogen-bond donors (Lipinski definition) is 2. The van der Waals surface area contributed by atoms with Gasteiger partial charge in [-0.25, -0.2) is 0 Å². The van der Waals surface area contributed by atoms with Gasteiger partial charge in [0.15, 0.2) is 0 Å². The first-order chi connectivity index (χ1) is 5.06. The fraction of sp³-hybridized carbons (Fsp3) is 0.500. The summed E-state index contributed by atoms with van der Waals surface area (Å²) in [6.45, 7) is 2.93. The lowest BCUT2D eigenvalue weighted by molar-refractivity contribution is -0.124. The van der Waals surface area contributed by atoms with E-state index in [9.17, 15) is 13.2 Å². The number of halogens is 3. The van der Waals surface area contributed by atoms with Gasteiger partial charge < -0.3 is 0 Å². The van der Waals surface area contributed by atoms with Crippen LogP contribution in [0.1, 0.15) is 6.42 Å². The van der Waals surface area contributed by atoms with E-state index in [1.807, 2.05) is 0 Å². The molecular weight excluding hydrogens is 201 g/mol. The molecule has 0 rings (SSSR count). The quantitative estimate of drug-likeness (QED) is 0.505. The second-order valence-corrected chi connectivity index (χ2v) is 2.45. The lowest BCUT2D eigenvalue weighted by atomic mass is 10.4. The summed E-state index contributed by atoms with van der Waals surface area (Å²) in [7, 11) is -4.67. The molecule has 4 nitrogen and oxygen atoms in total. The average molecular weight is 208 g/mol. The minimum Gasteiger partial charge on any atom is -0.264 e. The Kier molecular flexibility index (Phi) is 5.95. The van der Waals surface area contributed by atoms with Crippen molar-refractivity contribution < 1.29 is 30.7 Å².